The molecule has 1 fully saturated rings. The average Bonchev–Trinajstić information content (AvgIpc) is 3.22. The average molecular weight is 343 g/mol. The minimum Gasteiger partial charge on any atom is -0.361 e. The van der Waals surface area contributed by atoms with Crippen molar-refractivity contribution in [2.75, 3.05) is 13.1 Å². The Hall–Kier alpha value is -2.15. The van der Waals surface area contributed by atoms with Crippen molar-refractivity contribution in [2.45, 2.75) is 52.2 Å². The molecule has 0 bridgehead atoms. The molecule has 2 aromatic heterocycles. The fourth-order valence-electron chi connectivity index (χ4n) is 3.55. The summed E-state index contributed by atoms with van der Waals surface area (Å²) in [6, 6.07) is 2.10. The van der Waals surface area contributed by atoms with Gasteiger partial charge in [-0.05, 0) is 38.7 Å². The first-order chi connectivity index (χ1) is 12.1. The van der Waals surface area contributed by atoms with Gasteiger partial charge in [0.15, 0.2) is 0 Å². The van der Waals surface area contributed by atoms with Crippen LogP contribution in [0.5, 0.6) is 0 Å². The highest BCUT2D eigenvalue weighted by molar-refractivity contribution is 5.76. The summed E-state index contributed by atoms with van der Waals surface area (Å²) in [4.78, 5) is 14.7. The van der Waals surface area contributed by atoms with E-state index in [1.807, 2.05) is 30.8 Å². The number of nitrogens with one attached hydrogen (secondary N) is 1. The van der Waals surface area contributed by atoms with Gasteiger partial charge in [0, 0.05) is 37.9 Å². The van der Waals surface area contributed by atoms with E-state index in [0.717, 1.165) is 48.9 Å². The highest BCUT2D eigenvalue weighted by Crippen LogP contribution is 2.28. The predicted molar refractivity (Wildman–Crippen MR) is 91.7 cm³/mol. The Morgan fingerprint density at radius 3 is 2.96 bits per heavy atom. The molecule has 2 aliphatic rings. The highest BCUT2D eigenvalue weighted by Gasteiger charge is 2.29. The molecule has 1 saturated carbocycles. The van der Waals surface area contributed by atoms with Crippen LogP contribution in [0, 0.1) is 19.8 Å². The first-order valence-corrected chi connectivity index (χ1v) is 9.03. The lowest BCUT2D eigenvalue weighted by molar-refractivity contribution is -0.122. The molecule has 4 rings (SSSR count). The van der Waals surface area contributed by atoms with Crippen LogP contribution in [0.2, 0.25) is 0 Å². The Bertz CT molecular complexity index is 742. The molecule has 1 aliphatic carbocycles. The maximum absolute atomic E-state index is 12.3. The number of hydrogen-bond donors (Lipinski definition) is 1. The second-order valence-corrected chi connectivity index (χ2v) is 7.34. The molecule has 134 valence electrons. The highest BCUT2D eigenvalue weighted by atomic mass is 16.5. The van der Waals surface area contributed by atoms with Gasteiger partial charge >= 0.3 is 0 Å². The number of carbonyl (C=O) groups excluding carboxylic acids is 1. The van der Waals surface area contributed by atoms with Gasteiger partial charge in [0.05, 0.1) is 23.9 Å². The fourth-order valence-corrected chi connectivity index (χ4v) is 3.55. The van der Waals surface area contributed by atoms with Crippen LogP contribution in [0.3, 0.4) is 0 Å². The molecule has 25 heavy (non-hydrogen) atoms. The Balaban J connectivity index is 1.44. The second kappa shape index (κ2) is 6.63. The van der Waals surface area contributed by atoms with Crippen LogP contribution in [0.25, 0.3) is 0 Å². The van der Waals surface area contributed by atoms with E-state index in [1.165, 1.54) is 12.8 Å². The topological polar surface area (TPSA) is 76.2 Å². The standard InChI is InChI=1S/C18H25N5O2/c1-12-17(13(2)25-21-12)11-22-9-15-5-6-20-23(15)16(10-22)7-18(24)19-8-14-3-4-14/h5-6,14,16H,3-4,7-11H2,1-2H3,(H,19,24). The minimum absolute atomic E-state index is 0.0680. The molecule has 2 aromatic rings. The zero-order chi connectivity index (χ0) is 17.4. The summed E-state index contributed by atoms with van der Waals surface area (Å²) in [5, 5.41) is 11.6. The number of aromatic nitrogens is 3. The molecule has 1 atom stereocenters. The monoisotopic (exact) mass is 343 g/mol. The summed E-state index contributed by atoms with van der Waals surface area (Å²) in [5.41, 5.74) is 3.23. The zero-order valence-corrected chi connectivity index (χ0v) is 14.9. The number of carbonyl (C=O) groups is 1. The van der Waals surface area contributed by atoms with E-state index >= 15 is 0 Å². The molecule has 1 unspecified atom stereocenters. The van der Waals surface area contributed by atoms with Crippen molar-refractivity contribution in [3.8, 4) is 0 Å². The first kappa shape index (κ1) is 16.3. The van der Waals surface area contributed by atoms with E-state index in [-0.39, 0.29) is 11.9 Å². The molecule has 0 spiro atoms. The van der Waals surface area contributed by atoms with E-state index in [9.17, 15) is 4.79 Å². The van der Waals surface area contributed by atoms with Crippen molar-refractivity contribution in [1.29, 1.82) is 0 Å². The van der Waals surface area contributed by atoms with Gasteiger partial charge in [0.1, 0.15) is 5.76 Å². The van der Waals surface area contributed by atoms with Gasteiger partial charge < -0.3 is 9.84 Å². The molecule has 0 saturated heterocycles. The van der Waals surface area contributed by atoms with Crippen molar-refractivity contribution in [3.05, 3.63) is 35.0 Å². The molecule has 7 nitrogen and oxygen atoms in total. The molecule has 1 N–H and O–H groups in total. The molecular weight excluding hydrogens is 318 g/mol. The van der Waals surface area contributed by atoms with Gasteiger partial charge in [-0.25, -0.2) is 0 Å². The van der Waals surface area contributed by atoms with E-state index < -0.39 is 0 Å². The van der Waals surface area contributed by atoms with Crippen molar-refractivity contribution < 1.29 is 9.32 Å². The van der Waals surface area contributed by atoms with E-state index in [0.29, 0.717) is 12.3 Å². The van der Waals surface area contributed by atoms with Gasteiger partial charge in [-0.1, -0.05) is 5.16 Å². The number of rotatable bonds is 6. The molecule has 3 heterocycles. The van der Waals surface area contributed by atoms with Crippen LogP contribution in [0.15, 0.2) is 16.8 Å². The summed E-state index contributed by atoms with van der Waals surface area (Å²) >= 11 is 0. The van der Waals surface area contributed by atoms with Gasteiger partial charge in [0.2, 0.25) is 5.91 Å². The summed E-state index contributed by atoms with van der Waals surface area (Å²) in [6.07, 6.45) is 4.79. The van der Waals surface area contributed by atoms with Crippen molar-refractivity contribution >= 4 is 5.91 Å². The van der Waals surface area contributed by atoms with Crippen molar-refractivity contribution in [2.24, 2.45) is 5.92 Å². The SMILES string of the molecule is Cc1noc(C)c1CN1Cc2ccnn2C(CC(=O)NCC2CC2)C1. The van der Waals surface area contributed by atoms with Crippen LogP contribution >= 0.6 is 0 Å². The smallest absolute Gasteiger partial charge is 0.222 e. The minimum atomic E-state index is 0.0680. The molecule has 0 radical (unpaired) electrons. The maximum atomic E-state index is 12.3. The normalized spacial score (nSPS) is 20.5. The third kappa shape index (κ3) is 3.61. The number of amides is 1. The molecular formula is C18H25N5O2. The van der Waals surface area contributed by atoms with Crippen LogP contribution < -0.4 is 5.32 Å². The number of aryl methyl sites for hydroxylation is 2. The van der Waals surface area contributed by atoms with E-state index in [4.69, 9.17) is 4.52 Å². The number of fused-ring (bicyclic) bond motifs is 1. The van der Waals surface area contributed by atoms with Crippen LogP contribution in [0.4, 0.5) is 0 Å². The lowest BCUT2D eigenvalue weighted by atomic mass is 10.1. The quantitative estimate of drug-likeness (QED) is 0.868. The molecule has 1 aliphatic heterocycles. The summed E-state index contributed by atoms with van der Waals surface area (Å²) in [6.45, 7) is 7.15. The first-order valence-electron chi connectivity index (χ1n) is 9.03. The van der Waals surface area contributed by atoms with Crippen LogP contribution in [-0.2, 0) is 17.9 Å². The fraction of sp³-hybridized carbons (Fsp3) is 0.611. The molecule has 7 heteroatoms. The predicted octanol–water partition coefficient (Wildman–Crippen LogP) is 1.96. The van der Waals surface area contributed by atoms with Gasteiger partial charge in [-0.3, -0.25) is 14.4 Å². The summed E-state index contributed by atoms with van der Waals surface area (Å²) < 4.78 is 7.30. The van der Waals surface area contributed by atoms with Crippen molar-refractivity contribution in [1.82, 2.24) is 25.2 Å². The lowest BCUT2D eigenvalue weighted by Crippen LogP contribution is -2.40. The van der Waals surface area contributed by atoms with Gasteiger partial charge in [-0.15, -0.1) is 0 Å². The van der Waals surface area contributed by atoms with Crippen molar-refractivity contribution in [3.63, 3.8) is 0 Å². The zero-order valence-electron chi connectivity index (χ0n) is 14.9. The maximum Gasteiger partial charge on any atom is 0.222 e. The number of nitrogens with zero attached hydrogens (tertiary/aromatic N) is 4. The third-order valence-corrected chi connectivity index (χ3v) is 5.22. The summed E-state index contributed by atoms with van der Waals surface area (Å²) in [7, 11) is 0. The van der Waals surface area contributed by atoms with E-state index in [1.54, 1.807) is 0 Å². The largest absolute Gasteiger partial charge is 0.361 e. The van der Waals surface area contributed by atoms with Crippen LogP contribution in [-0.4, -0.2) is 38.8 Å². The Labute approximate surface area is 147 Å². The Morgan fingerprint density at radius 2 is 2.24 bits per heavy atom. The van der Waals surface area contributed by atoms with E-state index in [2.05, 4.69) is 20.5 Å². The lowest BCUT2D eigenvalue weighted by Gasteiger charge is -2.33. The molecule has 1 amide bonds. The van der Waals surface area contributed by atoms with Crippen LogP contribution in [0.1, 0.15) is 48.0 Å². The second-order valence-electron chi connectivity index (χ2n) is 7.34. The van der Waals surface area contributed by atoms with Gasteiger partial charge in [-0.2, -0.15) is 5.10 Å². The summed E-state index contributed by atoms with van der Waals surface area (Å²) in [5.74, 6) is 1.69. The number of hydrogen-bond acceptors (Lipinski definition) is 5. The third-order valence-electron chi connectivity index (χ3n) is 5.22. The molecule has 0 aromatic carbocycles. The Morgan fingerprint density at radius 1 is 1.40 bits per heavy atom. The van der Waals surface area contributed by atoms with Gasteiger partial charge in [0.25, 0.3) is 0 Å². The Kier molecular flexibility index (Phi) is 4.33.